The molecule has 0 aliphatic carbocycles. The zero-order valence-electron chi connectivity index (χ0n) is 16.7. The van der Waals surface area contributed by atoms with Crippen molar-refractivity contribution in [2.75, 3.05) is 13.1 Å². The van der Waals surface area contributed by atoms with Crippen LogP contribution in [0.3, 0.4) is 0 Å². The Morgan fingerprint density at radius 2 is 1.68 bits per heavy atom. The second-order valence-corrected chi connectivity index (χ2v) is 7.78. The van der Waals surface area contributed by atoms with Crippen LogP contribution < -0.4 is 5.73 Å². The molecule has 0 radical (unpaired) electrons. The van der Waals surface area contributed by atoms with Gasteiger partial charge < -0.3 is 10.6 Å². The Balaban J connectivity index is 1.75. The van der Waals surface area contributed by atoms with Gasteiger partial charge in [-0.15, -0.1) is 0 Å². The summed E-state index contributed by atoms with van der Waals surface area (Å²) in [4.78, 5) is 31.0. The summed E-state index contributed by atoms with van der Waals surface area (Å²) in [6.07, 6.45) is 6.38. The van der Waals surface area contributed by atoms with E-state index in [4.69, 9.17) is 5.73 Å². The summed E-state index contributed by atoms with van der Waals surface area (Å²) in [7, 11) is 0. The van der Waals surface area contributed by atoms with Gasteiger partial charge in [0.2, 0.25) is 11.8 Å². The predicted molar refractivity (Wildman–Crippen MR) is 110 cm³/mol. The second kappa shape index (κ2) is 8.55. The van der Waals surface area contributed by atoms with Crippen molar-refractivity contribution in [3.8, 4) is 11.1 Å². The standard InChI is InChI=1S/C23H29N3O2/c1-3-18(4-2)21(27)26-14-11-23(16-26,22(24)28)15-17-5-7-19(8-6-17)20-9-12-25-13-10-20/h5-10,12-13,18H,3-4,11,14-16H2,1-2H3,(H2,24,28). The number of hydrogen-bond acceptors (Lipinski definition) is 3. The van der Waals surface area contributed by atoms with E-state index in [9.17, 15) is 9.59 Å². The summed E-state index contributed by atoms with van der Waals surface area (Å²) in [6.45, 7) is 5.10. The van der Waals surface area contributed by atoms with Gasteiger partial charge in [0, 0.05) is 31.4 Å². The maximum atomic E-state index is 12.7. The molecule has 0 spiro atoms. The lowest BCUT2D eigenvalue weighted by atomic mass is 9.80. The molecule has 1 saturated heterocycles. The number of aromatic nitrogens is 1. The minimum atomic E-state index is -0.681. The van der Waals surface area contributed by atoms with E-state index < -0.39 is 5.41 Å². The molecule has 0 saturated carbocycles. The molecule has 1 fully saturated rings. The third kappa shape index (κ3) is 4.08. The largest absolute Gasteiger partial charge is 0.369 e. The molecule has 1 atom stereocenters. The summed E-state index contributed by atoms with van der Waals surface area (Å²) >= 11 is 0. The highest BCUT2D eigenvalue weighted by Gasteiger charge is 2.45. The van der Waals surface area contributed by atoms with Gasteiger partial charge in [0.05, 0.1) is 5.41 Å². The zero-order chi connectivity index (χ0) is 20.1. The third-order valence-corrected chi connectivity index (χ3v) is 6.03. The van der Waals surface area contributed by atoms with Crippen molar-refractivity contribution in [3.63, 3.8) is 0 Å². The summed E-state index contributed by atoms with van der Waals surface area (Å²) in [6, 6.07) is 12.1. The Kier molecular flexibility index (Phi) is 6.12. The highest BCUT2D eigenvalue weighted by Crippen LogP contribution is 2.35. The molecule has 0 bridgehead atoms. The van der Waals surface area contributed by atoms with Crippen LogP contribution in [-0.2, 0) is 16.0 Å². The number of likely N-dealkylation sites (tertiary alicyclic amines) is 1. The van der Waals surface area contributed by atoms with E-state index in [0.29, 0.717) is 25.9 Å². The molecule has 148 valence electrons. The van der Waals surface area contributed by atoms with Crippen LogP contribution in [0.25, 0.3) is 11.1 Å². The van der Waals surface area contributed by atoms with Crippen LogP contribution >= 0.6 is 0 Å². The maximum absolute atomic E-state index is 12.7. The van der Waals surface area contributed by atoms with E-state index in [1.165, 1.54) is 0 Å². The van der Waals surface area contributed by atoms with Crippen LogP contribution in [0.4, 0.5) is 0 Å². The Labute approximate surface area is 167 Å². The molecule has 28 heavy (non-hydrogen) atoms. The van der Waals surface area contributed by atoms with Gasteiger partial charge in [-0.3, -0.25) is 14.6 Å². The van der Waals surface area contributed by atoms with Crippen LogP contribution in [0.1, 0.15) is 38.7 Å². The average molecular weight is 380 g/mol. The summed E-state index contributed by atoms with van der Waals surface area (Å²) in [5.41, 5.74) is 8.42. The number of benzene rings is 1. The van der Waals surface area contributed by atoms with Crippen LogP contribution in [0, 0.1) is 11.3 Å². The van der Waals surface area contributed by atoms with Gasteiger partial charge in [0.15, 0.2) is 0 Å². The first-order valence-corrected chi connectivity index (χ1v) is 10.1. The lowest BCUT2D eigenvalue weighted by Crippen LogP contribution is -2.43. The molecule has 1 aliphatic heterocycles. The first-order valence-electron chi connectivity index (χ1n) is 10.1. The van der Waals surface area contributed by atoms with Crippen molar-refractivity contribution in [3.05, 3.63) is 54.4 Å². The Morgan fingerprint density at radius 3 is 2.25 bits per heavy atom. The van der Waals surface area contributed by atoms with Gasteiger partial charge in [-0.05, 0) is 54.5 Å². The van der Waals surface area contributed by atoms with E-state index in [-0.39, 0.29) is 17.7 Å². The van der Waals surface area contributed by atoms with Crippen LogP contribution in [0.2, 0.25) is 0 Å². The highest BCUT2D eigenvalue weighted by molar-refractivity contribution is 5.85. The smallest absolute Gasteiger partial charge is 0.225 e. The van der Waals surface area contributed by atoms with Gasteiger partial charge in [-0.25, -0.2) is 0 Å². The van der Waals surface area contributed by atoms with E-state index in [0.717, 1.165) is 29.5 Å². The number of hydrogen-bond donors (Lipinski definition) is 1. The van der Waals surface area contributed by atoms with Crippen LogP contribution in [-0.4, -0.2) is 34.8 Å². The molecule has 5 nitrogen and oxygen atoms in total. The Bertz CT molecular complexity index is 816. The van der Waals surface area contributed by atoms with Crippen molar-refractivity contribution >= 4 is 11.8 Å². The monoisotopic (exact) mass is 379 g/mol. The minimum Gasteiger partial charge on any atom is -0.369 e. The van der Waals surface area contributed by atoms with Gasteiger partial charge in [0.25, 0.3) is 0 Å². The van der Waals surface area contributed by atoms with Crippen LogP contribution in [0.5, 0.6) is 0 Å². The van der Waals surface area contributed by atoms with Gasteiger partial charge in [0.1, 0.15) is 0 Å². The third-order valence-electron chi connectivity index (χ3n) is 6.03. The SMILES string of the molecule is CCC(CC)C(=O)N1CCC(Cc2ccc(-c3ccncc3)cc2)(C(N)=O)C1. The number of primary amides is 1. The quantitative estimate of drug-likeness (QED) is 0.801. The fraction of sp³-hybridized carbons (Fsp3) is 0.435. The fourth-order valence-electron chi connectivity index (χ4n) is 4.14. The predicted octanol–water partition coefficient (Wildman–Crippen LogP) is 3.43. The van der Waals surface area contributed by atoms with E-state index in [1.807, 2.05) is 43.0 Å². The van der Waals surface area contributed by atoms with E-state index in [2.05, 4.69) is 17.1 Å². The molecular weight excluding hydrogens is 350 g/mol. The molecule has 3 rings (SSSR count). The molecule has 1 aliphatic rings. The van der Waals surface area contributed by atoms with Crippen LogP contribution in [0.15, 0.2) is 48.8 Å². The molecule has 5 heteroatoms. The van der Waals surface area contributed by atoms with Gasteiger partial charge in [-0.1, -0.05) is 38.1 Å². The second-order valence-electron chi connectivity index (χ2n) is 7.78. The lowest BCUT2D eigenvalue weighted by molar-refractivity contribution is -0.135. The first kappa shape index (κ1) is 20.1. The summed E-state index contributed by atoms with van der Waals surface area (Å²) in [5.74, 6) is -0.130. The van der Waals surface area contributed by atoms with Crippen molar-refractivity contribution in [1.29, 1.82) is 0 Å². The average Bonchev–Trinajstić information content (AvgIpc) is 3.15. The number of carbonyl (C=O) groups is 2. The normalized spacial score (nSPS) is 19.2. The Hall–Kier alpha value is -2.69. The number of nitrogens with two attached hydrogens (primary N) is 1. The molecule has 2 amide bonds. The number of carbonyl (C=O) groups excluding carboxylic acids is 2. The van der Waals surface area contributed by atoms with Gasteiger partial charge in [-0.2, -0.15) is 0 Å². The number of rotatable bonds is 7. The van der Waals surface area contributed by atoms with Crippen molar-refractivity contribution in [2.45, 2.75) is 39.5 Å². The molecule has 1 unspecified atom stereocenters. The molecule has 2 N–H and O–H groups in total. The van der Waals surface area contributed by atoms with E-state index in [1.54, 1.807) is 12.4 Å². The van der Waals surface area contributed by atoms with Crippen molar-refractivity contribution in [2.24, 2.45) is 17.1 Å². The molecular formula is C23H29N3O2. The minimum absolute atomic E-state index is 0.0309. The summed E-state index contributed by atoms with van der Waals surface area (Å²) < 4.78 is 0. The topological polar surface area (TPSA) is 76.3 Å². The molecule has 1 aromatic carbocycles. The number of amides is 2. The maximum Gasteiger partial charge on any atom is 0.225 e. The Morgan fingerprint density at radius 1 is 1.07 bits per heavy atom. The molecule has 2 aromatic rings. The summed E-state index contributed by atoms with van der Waals surface area (Å²) in [5, 5.41) is 0. The van der Waals surface area contributed by atoms with E-state index >= 15 is 0 Å². The first-order chi connectivity index (χ1) is 13.5. The fourth-order valence-corrected chi connectivity index (χ4v) is 4.14. The van der Waals surface area contributed by atoms with Crippen molar-refractivity contribution in [1.82, 2.24) is 9.88 Å². The number of pyridine rings is 1. The zero-order valence-corrected chi connectivity index (χ0v) is 16.7. The van der Waals surface area contributed by atoms with Crippen molar-refractivity contribution < 1.29 is 9.59 Å². The molecule has 1 aromatic heterocycles. The highest BCUT2D eigenvalue weighted by atomic mass is 16.2. The lowest BCUT2D eigenvalue weighted by Gasteiger charge is -2.27. The van der Waals surface area contributed by atoms with Gasteiger partial charge >= 0.3 is 0 Å². The molecule has 2 heterocycles. The number of nitrogens with zero attached hydrogens (tertiary/aromatic N) is 2.